The van der Waals surface area contributed by atoms with Gasteiger partial charge in [-0.15, -0.1) is 11.3 Å². The Morgan fingerprint density at radius 1 is 1.36 bits per heavy atom. The third-order valence-corrected chi connectivity index (χ3v) is 6.53. The maximum Gasteiger partial charge on any atom is 0.266 e. The van der Waals surface area contributed by atoms with Crippen molar-refractivity contribution in [2.45, 2.75) is 64.3 Å². The molecule has 1 aromatic heterocycles. The summed E-state index contributed by atoms with van der Waals surface area (Å²) in [5.41, 5.74) is 6.82. The molecule has 2 atom stereocenters. The Morgan fingerprint density at radius 2 is 2.09 bits per heavy atom. The lowest BCUT2D eigenvalue weighted by atomic mass is 9.92. The number of carbonyl (C=O) groups excluding carboxylic acids is 1. The predicted octanol–water partition coefficient (Wildman–Crippen LogP) is 3.31. The van der Waals surface area contributed by atoms with E-state index in [-0.39, 0.29) is 11.9 Å². The summed E-state index contributed by atoms with van der Waals surface area (Å²) in [5, 5.41) is 1.17. The number of nitrogens with zero attached hydrogens (tertiary/aromatic N) is 2. The van der Waals surface area contributed by atoms with Crippen molar-refractivity contribution in [1.29, 1.82) is 0 Å². The van der Waals surface area contributed by atoms with Gasteiger partial charge in [0.15, 0.2) is 0 Å². The van der Waals surface area contributed by atoms with Crippen molar-refractivity contribution in [1.82, 2.24) is 9.88 Å². The fourth-order valence-electron chi connectivity index (χ4n) is 3.84. The monoisotopic (exact) mass is 321 g/mol. The highest BCUT2D eigenvalue weighted by molar-refractivity contribution is 7.13. The Bertz CT molecular complexity index is 536. The second-order valence-electron chi connectivity index (χ2n) is 6.97. The van der Waals surface area contributed by atoms with Crippen LogP contribution in [0.3, 0.4) is 0 Å². The molecule has 2 unspecified atom stereocenters. The van der Waals surface area contributed by atoms with Crippen molar-refractivity contribution in [3.05, 3.63) is 15.6 Å². The maximum absolute atomic E-state index is 13.0. The summed E-state index contributed by atoms with van der Waals surface area (Å²) < 4.78 is 0. The SMILES string of the molecule is Cc1nc(C2CCCC2)sc1C(=O)N1CCC(C)CC1CN. The zero-order chi connectivity index (χ0) is 15.7. The Morgan fingerprint density at radius 3 is 2.77 bits per heavy atom. The molecular weight excluding hydrogens is 294 g/mol. The van der Waals surface area contributed by atoms with Crippen molar-refractivity contribution >= 4 is 17.2 Å². The molecule has 2 N–H and O–H groups in total. The van der Waals surface area contributed by atoms with Crippen LogP contribution in [0.1, 0.15) is 71.7 Å². The van der Waals surface area contributed by atoms with Crippen LogP contribution in [0.15, 0.2) is 0 Å². The van der Waals surface area contributed by atoms with Crippen molar-refractivity contribution in [2.75, 3.05) is 13.1 Å². The van der Waals surface area contributed by atoms with Crippen LogP contribution in [0.2, 0.25) is 0 Å². The molecule has 1 aromatic rings. The van der Waals surface area contributed by atoms with Crippen molar-refractivity contribution < 1.29 is 4.79 Å². The summed E-state index contributed by atoms with van der Waals surface area (Å²) in [5.74, 6) is 1.40. The fraction of sp³-hybridized carbons (Fsp3) is 0.765. The molecule has 1 aliphatic carbocycles. The van der Waals surface area contributed by atoms with E-state index in [4.69, 9.17) is 10.7 Å². The van der Waals surface area contributed by atoms with E-state index in [0.29, 0.717) is 18.4 Å². The van der Waals surface area contributed by atoms with Crippen LogP contribution in [0.4, 0.5) is 0 Å². The molecular formula is C17H27N3OS. The maximum atomic E-state index is 13.0. The first kappa shape index (κ1) is 15.9. The van der Waals surface area contributed by atoms with Gasteiger partial charge in [-0.1, -0.05) is 19.8 Å². The minimum atomic E-state index is 0.154. The predicted molar refractivity (Wildman–Crippen MR) is 90.3 cm³/mol. The number of nitrogens with two attached hydrogens (primary N) is 1. The quantitative estimate of drug-likeness (QED) is 0.929. The smallest absolute Gasteiger partial charge is 0.266 e. The molecule has 2 aliphatic rings. The topological polar surface area (TPSA) is 59.2 Å². The average molecular weight is 321 g/mol. The molecule has 3 rings (SSSR count). The second kappa shape index (κ2) is 6.67. The first-order valence-electron chi connectivity index (χ1n) is 8.58. The van der Waals surface area contributed by atoms with Gasteiger partial charge in [0.2, 0.25) is 0 Å². The standard InChI is InChI=1S/C17H27N3OS/c1-11-7-8-20(14(9-11)10-18)17(21)15-12(2)19-16(22-15)13-5-3-4-6-13/h11,13-14H,3-10,18H2,1-2H3. The second-order valence-corrected chi connectivity index (χ2v) is 8.00. The van der Waals surface area contributed by atoms with Gasteiger partial charge in [-0.3, -0.25) is 4.79 Å². The van der Waals surface area contributed by atoms with E-state index in [9.17, 15) is 4.79 Å². The van der Waals surface area contributed by atoms with Crippen LogP contribution in [-0.2, 0) is 0 Å². The molecule has 0 aromatic carbocycles. The first-order valence-corrected chi connectivity index (χ1v) is 9.40. The van der Waals surface area contributed by atoms with Gasteiger partial charge < -0.3 is 10.6 Å². The van der Waals surface area contributed by atoms with Crippen LogP contribution < -0.4 is 5.73 Å². The van der Waals surface area contributed by atoms with Crippen LogP contribution in [0.25, 0.3) is 0 Å². The number of aryl methyl sites for hydroxylation is 1. The van der Waals surface area contributed by atoms with E-state index in [2.05, 4.69) is 6.92 Å². The number of hydrogen-bond acceptors (Lipinski definition) is 4. The van der Waals surface area contributed by atoms with Crippen molar-refractivity contribution in [3.8, 4) is 0 Å². The zero-order valence-corrected chi connectivity index (χ0v) is 14.5. The van der Waals surface area contributed by atoms with Crippen molar-refractivity contribution in [2.24, 2.45) is 11.7 Å². The van der Waals surface area contributed by atoms with Gasteiger partial charge in [-0.25, -0.2) is 4.98 Å². The van der Waals surface area contributed by atoms with Crippen molar-refractivity contribution in [3.63, 3.8) is 0 Å². The van der Waals surface area contributed by atoms with Gasteiger partial charge in [0, 0.05) is 25.0 Å². The number of piperidine rings is 1. The summed E-state index contributed by atoms with van der Waals surface area (Å²) >= 11 is 1.63. The number of hydrogen-bond donors (Lipinski definition) is 1. The molecule has 4 nitrogen and oxygen atoms in total. The molecule has 22 heavy (non-hydrogen) atoms. The van der Waals surface area contributed by atoms with Gasteiger partial charge in [-0.05, 0) is 38.5 Å². The number of likely N-dealkylation sites (tertiary alicyclic amines) is 1. The minimum absolute atomic E-state index is 0.154. The third-order valence-electron chi connectivity index (χ3n) is 5.22. The van der Waals surface area contributed by atoms with Gasteiger partial charge in [0.05, 0.1) is 10.7 Å². The van der Waals surface area contributed by atoms with Gasteiger partial charge >= 0.3 is 0 Å². The average Bonchev–Trinajstić information content (AvgIpc) is 3.15. The summed E-state index contributed by atoms with van der Waals surface area (Å²) in [7, 11) is 0. The number of rotatable bonds is 3. The molecule has 122 valence electrons. The summed E-state index contributed by atoms with van der Waals surface area (Å²) in [4.78, 5) is 20.5. The van der Waals surface area contributed by atoms with E-state index in [1.807, 2.05) is 11.8 Å². The molecule has 2 heterocycles. The van der Waals surface area contributed by atoms with E-state index >= 15 is 0 Å². The Kier molecular flexibility index (Phi) is 4.83. The molecule has 1 saturated carbocycles. The van der Waals surface area contributed by atoms with E-state index in [0.717, 1.165) is 30.0 Å². The fourth-order valence-corrected chi connectivity index (χ4v) is 5.03. The lowest BCUT2D eigenvalue weighted by Gasteiger charge is -2.37. The highest BCUT2D eigenvalue weighted by atomic mass is 32.1. The molecule has 1 amide bonds. The van der Waals surface area contributed by atoms with E-state index in [1.165, 1.54) is 30.7 Å². The molecule has 2 fully saturated rings. The molecule has 1 saturated heterocycles. The summed E-state index contributed by atoms with van der Waals surface area (Å²) in [6, 6.07) is 0.188. The van der Waals surface area contributed by atoms with Crippen LogP contribution in [-0.4, -0.2) is 34.9 Å². The zero-order valence-electron chi connectivity index (χ0n) is 13.7. The van der Waals surface area contributed by atoms with Crippen LogP contribution in [0.5, 0.6) is 0 Å². The van der Waals surface area contributed by atoms with E-state index in [1.54, 1.807) is 11.3 Å². The molecule has 0 spiro atoms. The summed E-state index contributed by atoms with van der Waals surface area (Å²) in [6.07, 6.45) is 7.16. The number of carbonyl (C=O) groups is 1. The Balaban J connectivity index is 1.79. The van der Waals surface area contributed by atoms with Gasteiger partial charge in [0.1, 0.15) is 4.88 Å². The van der Waals surface area contributed by atoms with Crippen LogP contribution in [0, 0.1) is 12.8 Å². The molecule has 0 bridgehead atoms. The van der Waals surface area contributed by atoms with Gasteiger partial charge in [-0.2, -0.15) is 0 Å². The third kappa shape index (κ3) is 3.06. The molecule has 0 radical (unpaired) electrons. The Labute approximate surface area is 137 Å². The number of amides is 1. The van der Waals surface area contributed by atoms with Gasteiger partial charge in [0.25, 0.3) is 5.91 Å². The summed E-state index contributed by atoms with van der Waals surface area (Å²) in [6.45, 7) is 5.62. The first-order chi connectivity index (χ1) is 10.6. The number of aromatic nitrogens is 1. The number of thiazole rings is 1. The van der Waals surface area contributed by atoms with Crippen LogP contribution >= 0.6 is 11.3 Å². The van der Waals surface area contributed by atoms with E-state index < -0.39 is 0 Å². The Hall–Kier alpha value is -0.940. The largest absolute Gasteiger partial charge is 0.334 e. The molecule has 1 aliphatic heterocycles. The lowest BCUT2D eigenvalue weighted by Crippen LogP contribution is -2.49. The minimum Gasteiger partial charge on any atom is -0.334 e. The lowest BCUT2D eigenvalue weighted by molar-refractivity contribution is 0.0577. The normalized spacial score (nSPS) is 26.6. The highest BCUT2D eigenvalue weighted by Crippen LogP contribution is 2.37. The highest BCUT2D eigenvalue weighted by Gasteiger charge is 2.32. The molecule has 5 heteroatoms.